The highest BCUT2D eigenvalue weighted by molar-refractivity contribution is 5.75. The van der Waals surface area contributed by atoms with E-state index in [9.17, 15) is 5.11 Å². The van der Waals surface area contributed by atoms with E-state index in [0.717, 1.165) is 50.1 Å². The van der Waals surface area contributed by atoms with Crippen molar-refractivity contribution in [1.29, 1.82) is 0 Å². The molecular formula is C16H23N3O. The first-order chi connectivity index (χ1) is 9.74. The molecule has 0 spiro atoms. The van der Waals surface area contributed by atoms with Gasteiger partial charge in [-0.05, 0) is 50.3 Å². The van der Waals surface area contributed by atoms with Gasteiger partial charge in [0.05, 0.1) is 23.7 Å². The first-order valence-corrected chi connectivity index (χ1v) is 7.53. The van der Waals surface area contributed by atoms with Gasteiger partial charge in [-0.1, -0.05) is 12.1 Å². The lowest BCUT2D eigenvalue weighted by atomic mass is 9.87. The van der Waals surface area contributed by atoms with E-state index in [4.69, 9.17) is 0 Å². The van der Waals surface area contributed by atoms with Crippen molar-refractivity contribution in [2.24, 2.45) is 13.0 Å². The van der Waals surface area contributed by atoms with Gasteiger partial charge in [0.1, 0.15) is 5.82 Å². The van der Waals surface area contributed by atoms with Crippen LogP contribution in [0.25, 0.3) is 11.0 Å². The second-order valence-electron chi connectivity index (χ2n) is 5.88. The van der Waals surface area contributed by atoms with Crippen molar-refractivity contribution >= 4 is 11.0 Å². The van der Waals surface area contributed by atoms with Crippen molar-refractivity contribution in [3.63, 3.8) is 0 Å². The Hall–Kier alpha value is -1.39. The molecule has 108 valence electrons. The molecule has 0 radical (unpaired) electrons. The number of hydrogen-bond donors (Lipinski definition) is 2. The van der Waals surface area contributed by atoms with E-state index in [-0.39, 0.29) is 6.10 Å². The molecule has 1 fully saturated rings. The Morgan fingerprint density at radius 1 is 1.25 bits per heavy atom. The normalized spacial score (nSPS) is 23.3. The number of benzene rings is 1. The third-order valence-electron chi connectivity index (χ3n) is 4.41. The van der Waals surface area contributed by atoms with Crippen LogP contribution in [0.2, 0.25) is 0 Å². The number of imidazole rings is 1. The fourth-order valence-corrected chi connectivity index (χ4v) is 3.09. The molecule has 1 aliphatic rings. The minimum Gasteiger partial charge on any atom is -0.393 e. The zero-order chi connectivity index (χ0) is 13.9. The molecule has 0 saturated heterocycles. The monoisotopic (exact) mass is 273 g/mol. The Bertz CT molecular complexity index is 570. The maximum atomic E-state index is 9.51. The molecule has 1 aromatic carbocycles. The summed E-state index contributed by atoms with van der Waals surface area (Å²) in [6.45, 7) is 1.83. The molecule has 0 amide bonds. The smallest absolute Gasteiger partial charge is 0.123 e. The Morgan fingerprint density at radius 3 is 2.75 bits per heavy atom. The summed E-state index contributed by atoms with van der Waals surface area (Å²) >= 11 is 0. The molecule has 1 saturated carbocycles. The third-order valence-corrected chi connectivity index (χ3v) is 4.41. The zero-order valence-corrected chi connectivity index (χ0v) is 12.0. The average Bonchev–Trinajstić information content (AvgIpc) is 2.78. The van der Waals surface area contributed by atoms with E-state index in [1.807, 2.05) is 6.07 Å². The lowest BCUT2D eigenvalue weighted by Crippen LogP contribution is -2.28. The number of nitrogens with one attached hydrogen (secondary N) is 1. The standard InChI is InChI=1S/C16H23N3O/c1-19-15-5-3-2-4-14(15)18-16(19)11-17-10-12-6-8-13(20)9-7-12/h2-5,12-13,17,20H,6-11H2,1H3. The van der Waals surface area contributed by atoms with Crippen molar-refractivity contribution in [2.75, 3.05) is 6.54 Å². The summed E-state index contributed by atoms with van der Waals surface area (Å²) in [5, 5.41) is 13.0. The van der Waals surface area contributed by atoms with Crippen LogP contribution in [-0.2, 0) is 13.6 Å². The Labute approximate surface area is 119 Å². The molecule has 0 aliphatic heterocycles. The third kappa shape index (κ3) is 2.86. The van der Waals surface area contributed by atoms with Crippen molar-refractivity contribution < 1.29 is 5.11 Å². The number of aliphatic hydroxyl groups is 1. The number of aromatic nitrogens is 2. The van der Waals surface area contributed by atoms with Crippen molar-refractivity contribution in [2.45, 2.75) is 38.3 Å². The predicted molar refractivity (Wildman–Crippen MR) is 80.4 cm³/mol. The number of nitrogens with zero attached hydrogens (tertiary/aromatic N) is 2. The molecule has 1 heterocycles. The fourth-order valence-electron chi connectivity index (χ4n) is 3.09. The van der Waals surface area contributed by atoms with Gasteiger partial charge in [0, 0.05) is 7.05 Å². The fraction of sp³-hybridized carbons (Fsp3) is 0.562. The van der Waals surface area contributed by atoms with E-state index in [1.54, 1.807) is 0 Å². The van der Waals surface area contributed by atoms with Gasteiger partial charge in [0.15, 0.2) is 0 Å². The Morgan fingerprint density at radius 2 is 2.00 bits per heavy atom. The SMILES string of the molecule is Cn1c(CNCC2CCC(O)CC2)nc2ccccc21. The Kier molecular flexibility index (Phi) is 4.03. The largest absolute Gasteiger partial charge is 0.393 e. The van der Waals surface area contributed by atoms with Crippen molar-refractivity contribution in [3.8, 4) is 0 Å². The summed E-state index contributed by atoms with van der Waals surface area (Å²) in [4.78, 5) is 4.67. The van der Waals surface area contributed by atoms with Gasteiger partial charge in [-0.3, -0.25) is 0 Å². The van der Waals surface area contributed by atoms with E-state index < -0.39 is 0 Å². The minimum atomic E-state index is -0.0638. The molecule has 4 heteroatoms. The highest BCUT2D eigenvalue weighted by atomic mass is 16.3. The highest BCUT2D eigenvalue weighted by Gasteiger charge is 2.19. The van der Waals surface area contributed by atoms with Crippen LogP contribution in [0.5, 0.6) is 0 Å². The highest BCUT2D eigenvalue weighted by Crippen LogP contribution is 2.23. The van der Waals surface area contributed by atoms with Crippen LogP contribution in [0.1, 0.15) is 31.5 Å². The van der Waals surface area contributed by atoms with Gasteiger partial charge in [0.25, 0.3) is 0 Å². The molecular weight excluding hydrogens is 250 g/mol. The average molecular weight is 273 g/mol. The molecule has 0 atom stereocenters. The quantitative estimate of drug-likeness (QED) is 0.898. The summed E-state index contributed by atoms with van der Waals surface area (Å²) in [5.41, 5.74) is 2.25. The van der Waals surface area contributed by atoms with Crippen LogP contribution in [0.3, 0.4) is 0 Å². The molecule has 1 aliphatic carbocycles. The number of hydrogen-bond acceptors (Lipinski definition) is 3. The van der Waals surface area contributed by atoms with Gasteiger partial charge in [0.2, 0.25) is 0 Å². The van der Waals surface area contributed by atoms with E-state index in [0.29, 0.717) is 5.92 Å². The van der Waals surface area contributed by atoms with E-state index in [2.05, 4.69) is 40.1 Å². The number of rotatable bonds is 4. The molecule has 2 N–H and O–H groups in total. The second-order valence-corrected chi connectivity index (χ2v) is 5.88. The van der Waals surface area contributed by atoms with Crippen LogP contribution in [0.15, 0.2) is 24.3 Å². The number of aryl methyl sites for hydroxylation is 1. The molecule has 3 rings (SSSR count). The molecule has 1 aromatic heterocycles. The van der Waals surface area contributed by atoms with Crippen LogP contribution in [0.4, 0.5) is 0 Å². The van der Waals surface area contributed by atoms with Crippen LogP contribution in [0, 0.1) is 5.92 Å². The van der Waals surface area contributed by atoms with Gasteiger partial charge in [-0.25, -0.2) is 4.98 Å². The lowest BCUT2D eigenvalue weighted by Gasteiger charge is -2.25. The van der Waals surface area contributed by atoms with Gasteiger partial charge in [-0.2, -0.15) is 0 Å². The van der Waals surface area contributed by atoms with Crippen LogP contribution >= 0.6 is 0 Å². The van der Waals surface area contributed by atoms with Crippen LogP contribution < -0.4 is 5.32 Å². The summed E-state index contributed by atoms with van der Waals surface area (Å²) in [6, 6.07) is 8.24. The second kappa shape index (κ2) is 5.94. The van der Waals surface area contributed by atoms with E-state index in [1.165, 1.54) is 5.52 Å². The molecule has 4 nitrogen and oxygen atoms in total. The summed E-state index contributed by atoms with van der Waals surface area (Å²) < 4.78 is 2.16. The molecule has 2 aromatic rings. The van der Waals surface area contributed by atoms with Crippen molar-refractivity contribution in [3.05, 3.63) is 30.1 Å². The molecule has 0 unspecified atom stereocenters. The maximum absolute atomic E-state index is 9.51. The summed E-state index contributed by atoms with van der Waals surface area (Å²) in [5.74, 6) is 1.79. The van der Waals surface area contributed by atoms with Gasteiger partial charge < -0.3 is 15.0 Å². The van der Waals surface area contributed by atoms with Gasteiger partial charge in [-0.15, -0.1) is 0 Å². The zero-order valence-electron chi connectivity index (χ0n) is 12.0. The molecule has 0 bridgehead atoms. The van der Waals surface area contributed by atoms with Crippen molar-refractivity contribution in [1.82, 2.24) is 14.9 Å². The topological polar surface area (TPSA) is 50.1 Å². The number of aliphatic hydroxyl groups excluding tert-OH is 1. The number of fused-ring (bicyclic) bond motifs is 1. The predicted octanol–water partition coefficient (Wildman–Crippen LogP) is 2.21. The number of para-hydroxylation sites is 2. The lowest BCUT2D eigenvalue weighted by molar-refractivity contribution is 0.108. The maximum Gasteiger partial charge on any atom is 0.123 e. The van der Waals surface area contributed by atoms with Crippen LogP contribution in [-0.4, -0.2) is 27.3 Å². The summed E-state index contributed by atoms with van der Waals surface area (Å²) in [7, 11) is 2.07. The minimum absolute atomic E-state index is 0.0638. The van der Waals surface area contributed by atoms with Gasteiger partial charge >= 0.3 is 0 Å². The first-order valence-electron chi connectivity index (χ1n) is 7.53. The first kappa shape index (κ1) is 13.6. The Balaban J connectivity index is 1.56. The molecule has 20 heavy (non-hydrogen) atoms. The summed E-state index contributed by atoms with van der Waals surface area (Å²) in [6.07, 6.45) is 4.12. The van der Waals surface area contributed by atoms with E-state index >= 15 is 0 Å².